The standard InChI is InChI=1S/C30H31N3O3S/c1-30(29(35)31-19-23-9-5-7-11-27(23)36-2)20-32-25-10-6-4-8-22(25)18-26(32)28(34)33(30)17-16-21-12-14-24(37-3)15-13-21/h4-15,18H,16-17,19-20H2,1-3H3,(H,31,35)/t30-/m1/s1. The Bertz CT molecular complexity index is 1450. The van der Waals surface area contributed by atoms with Gasteiger partial charge >= 0.3 is 0 Å². The number of hydrogen-bond acceptors (Lipinski definition) is 4. The Hall–Kier alpha value is -3.71. The predicted molar refractivity (Wildman–Crippen MR) is 148 cm³/mol. The van der Waals surface area contributed by atoms with E-state index in [0.29, 0.717) is 31.7 Å². The molecule has 0 saturated carbocycles. The smallest absolute Gasteiger partial charge is 0.271 e. The van der Waals surface area contributed by atoms with Crippen LogP contribution in [-0.2, 0) is 24.3 Å². The molecule has 0 unspecified atom stereocenters. The van der Waals surface area contributed by atoms with Crippen LogP contribution in [0, 0.1) is 0 Å². The van der Waals surface area contributed by atoms with Crippen molar-refractivity contribution >= 4 is 34.5 Å². The second-order valence-electron chi connectivity index (χ2n) is 9.50. The number of carbonyl (C=O) groups excluding carboxylic acids is 2. The molecule has 3 aromatic carbocycles. The van der Waals surface area contributed by atoms with Gasteiger partial charge in [0.1, 0.15) is 17.0 Å². The van der Waals surface area contributed by atoms with Crippen LogP contribution in [0.4, 0.5) is 0 Å². The molecule has 4 aromatic rings. The quantitative estimate of drug-likeness (QED) is 0.331. The van der Waals surface area contributed by atoms with Crippen LogP contribution in [0.5, 0.6) is 5.75 Å². The summed E-state index contributed by atoms with van der Waals surface area (Å²) in [4.78, 5) is 30.7. The Labute approximate surface area is 221 Å². The van der Waals surface area contributed by atoms with Gasteiger partial charge in [-0.1, -0.05) is 48.5 Å². The first-order valence-electron chi connectivity index (χ1n) is 12.4. The molecule has 0 bridgehead atoms. The Morgan fingerprint density at radius 2 is 1.78 bits per heavy atom. The van der Waals surface area contributed by atoms with Crippen molar-refractivity contribution < 1.29 is 14.3 Å². The largest absolute Gasteiger partial charge is 0.496 e. The number of amides is 2. The molecule has 0 fully saturated rings. The van der Waals surface area contributed by atoms with E-state index < -0.39 is 5.54 Å². The van der Waals surface area contributed by atoms with Crippen molar-refractivity contribution in [3.63, 3.8) is 0 Å². The van der Waals surface area contributed by atoms with Gasteiger partial charge in [0.2, 0.25) is 5.91 Å². The van der Waals surface area contributed by atoms with E-state index in [0.717, 1.165) is 27.8 Å². The molecule has 37 heavy (non-hydrogen) atoms. The third-order valence-electron chi connectivity index (χ3n) is 7.24. The van der Waals surface area contributed by atoms with Crippen molar-refractivity contribution in [1.29, 1.82) is 0 Å². The van der Waals surface area contributed by atoms with E-state index in [-0.39, 0.29) is 11.8 Å². The number of nitrogens with one attached hydrogen (secondary N) is 1. The van der Waals surface area contributed by atoms with Gasteiger partial charge < -0.3 is 19.5 Å². The topological polar surface area (TPSA) is 63.6 Å². The fourth-order valence-corrected chi connectivity index (χ4v) is 5.51. The summed E-state index contributed by atoms with van der Waals surface area (Å²) in [5.74, 6) is 0.406. The number of hydrogen-bond donors (Lipinski definition) is 1. The number of carbonyl (C=O) groups is 2. The van der Waals surface area contributed by atoms with E-state index in [1.807, 2.05) is 66.1 Å². The van der Waals surface area contributed by atoms with Crippen LogP contribution in [-0.4, -0.2) is 46.7 Å². The predicted octanol–water partition coefficient (Wildman–Crippen LogP) is 5.15. The molecule has 2 amide bonds. The van der Waals surface area contributed by atoms with E-state index in [4.69, 9.17) is 4.74 Å². The van der Waals surface area contributed by atoms with E-state index >= 15 is 0 Å². The average molecular weight is 514 g/mol. The monoisotopic (exact) mass is 513 g/mol. The maximum atomic E-state index is 13.9. The maximum absolute atomic E-state index is 13.9. The second kappa shape index (κ2) is 10.3. The van der Waals surface area contributed by atoms with E-state index in [9.17, 15) is 9.59 Å². The fraction of sp³-hybridized carbons (Fsp3) is 0.267. The molecule has 0 saturated heterocycles. The molecular weight excluding hydrogens is 482 g/mol. The van der Waals surface area contributed by atoms with E-state index in [1.54, 1.807) is 23.8 Å². The van der Waals surface area contributed by atoms with Crippen LogP contribution in [0.1, 0.15) is 28.5 Å². The van der Waals surface area contributed by atoms with Gasteiger partial charge in [0.05, 0.1) is 13.7 Å². The first-order valence-corrected chi connectivity index (χ1v) is 13.6. The average Bonchev–Trinajstić information content (AvgIpc) is 3.30. The number of aromatic nitrogens is 1. The fourth-order valence-electron chi connectivity index (χ4n) is 5.10. The highest BCUT2D eigenvalue weighted by Gasteiger charge is 2.47. The molecule has 0 radical (unpaired) electrons. The van der Waals surface area contributed by atoms with Crippen LogP contribution in [0.25, 0.3) is 10.9 Å². The Morgan fingerprint density at radius 3 is 2.54 bits per heavy atom. The molecule has 0 spiro atoms. The Kier molecular flexibility index (Phi) is 6.98. The summed E-state index contributed by atoms with van der Waals surface area (Å²) < 4.78 is 7.44. The molecule has 1 aliphatic heterocycles. The minimum absolute atomic E-state index is 0.127. The number of nitrogens with zero attached hydrogens (tertiary/aromatic N) is 2. The summed E-state index contributed by atoms with van der Waals surface area (Å²) >= 11 is 1.70. The molecule has 1 aromatic heterocycles. The summed E-state index contributed by atoms with van der Waals surface area (Å²) in [5, 5.41) is 4.09. The number of methoxy groups -OCH3 is 1. The molecule has 2 heterocycles. The summed E-state index contributed by atoms with van der Waals surface area (Å²) in [7, 11) is 1.62. The minimum atomic E-state index is -1.06. The maximum Gasteiger partial charge on any atom is 0.271 e. The van der Waals surface area contributed by atoms with Crippen LogP contribution in [0.15, 0.2) is 83.8 Å². The van der Waals surface area contributed by atoms with Gasteiger partial charge in [0.15, 0.2) is 0 Å². The number of fused-ring (bicyclic) bond motifs is 3. The molecule has 1 atom stereocenters. The van der Waals surface area contributed by atoms with Crippen LogP contribution < -0.4 is 10.1 Å². The highest BCUT2D eigenvalue weighted by atomic mass is 32.2. The Morgan fingerprint density at radius 1 is 1.05 bits per heavy atom. The molecule has 7 heteroatoms. The lowest BCUT2D eigenvalue weighted by Crippen LogP contribution is -2.64. The lowest BCUT2D eigenvalue weighted by Gasteiger charge is -2.44. The third-order valence-corrected chi connectivity index (χ3v) is 7.98. The van der Waals surface area contributed by atoms with Crippen molar-refractivity contribution in [1.82, 2.24) is 14.8 Å². The van der Waals surface area contributed by atoms with Crippen LogP contribution in [0.3, 0.4) is 0 Å². The molecule has 6 nitrogen and oxygen atoms in total. The first kappa shape index (κ1) is 25.0. The van der Waals surface area contributed by atoms with Gasteiger partial charge in [-0.2, -0.15) is 0 Å². The van der Waals surface area contributed by atoms with Gasteiger partial charge in [0, 0.05) is 34.5 Å². The molecule has 1 aliphatic rings. The van der Waals surface area contributed by atoms with E-state index in [1.165, 1.54) is 4.90 Å². The third kappa shape index (κ3) is 4.71. The number of rotatable bonds is 8. The highest BCUT2D eigenvalue weighted by Crippen LogP contribution is 2.33. The van der Waals surface area contributed by atoms with Gasteiger partial charge in [-0.25, -0.2) is 0 Å². The molecule has 0 aliphatic carbocycles. The van der Waals surface area contributed by atoms with Crippen molar-refractivity contribution in [2.24, 2.45) is 0 Å². The van der Waals surface area contributed by atoms with Gasteiger partial charge in [-0.3, -0.25) is 9.59 Å². The van der Waals surface area contributed by atoms with E-state index in [2.05, 4.69) is 35.8 Å². The second-order valence-corrected chi connectivity index (χ2v) is 10.4. The zero-order valence-electron chi connectivity index (χ0n) is 21.4. The number of para-hydroxylation sites is 2. The molecule has 1 N–H and O–H groups in total. The normalized spacial score (nSPS) is 17.1. The van der Waals surface area contributed by atoms with Crippen molar-refractivity contribution in [2.45, 2.75) is 36.9 Å². The molecule has 190 valence electrons. The highest BCUT2D eigenvalue weighted by molar-refractivity contribution is 7.98. The SMILES string of the molecule is COc1ccccc1CNC(=O)[C@@]1(C)Cn2c(cc3ccccc32)C(=O)N1CCc1ccc(SC)cc1. The molecular formula is C30H31N3O3S. The van der Waals surface area contributed by atoms with Gasteiger partial charge in [-0.15, -0.1) is 11.8 Å². The van der Waals surface area contributed by atoms with Crippen molar-refractivity contribution in [3.05, 3.63) is 95.7 Å². The Balaban J connectivity index is 1.46. The summed E-state index contributed by atoms with van der Waals surface area (Å²) in [5.41, 5.74) is 2.54. The van der Waals surface area contributed by atoms with Gasteiger partial charge in [-0.05, 0) is 55.5 Å². The number of thioether (sulfide) groups is 1. The molecule has 5 rings (SSSR count). The van der Waals surface area contributed by atoms with Crippen molar-refractivity contribution in [2.75, 3.05) is 19.9 Å². The van der Waals surface area contributed by atoms with Crippen LogP contribution in [0.2, 0.25) is 0 Å². The minimum Gasteiger partial charge on any atom is -0.496 e. The van der Waals surface area contributed by atoms with Crippen molar-refractivity contribution in [3.8, 4) is 5.75 Å². The first-order chi connectivity index (χ1) is 17.9. The number of ether oxygens (including phenoxy) is 1. The van der Waals surface area contributed by atoms with Crippen LogP contribution >= 0.6 is 11.8 Å². The lowest BCUT2D eigenvalue weighted by molar-refractivity contribution is -0.133. The lowest BCUT2D eigenvalue weighted by atomic mass is 9.93. The van der Waals surface area contributed by atoms with Gasteiger partial charge in [0.25, 0.3) is 5.91 Å². The zero-order valence-corrected chi connectivity index (χ0v) is 22.2. The number of benzene rings is 3. The summed E-state index contributed by atoms with van der Waals surface area (Å²) in [6, 6.07) is 25.9. The zero-order chi connectivity index (χ0) is 26.0. The summed E-state index contributed by atoms with van der Waals surface area (Å²) in [6.45, 7) is 3.01. The summed E-state index contributed by atoms with van der Waals surface area (Å²) in [6.07, 6.45) is 2.71.